The Hall–Kier alpha value is -3.71. The van der Waals surface area contributed by atoms with Gasteiger partial charge in [-0.25, -0.2) is 4.98 Å². The van der Waals surface area contributed by atoms with E-state index in [1.54, 1.807) is 6.07 Å². The first kappa shape index (κ1) is 25.9. The minimum absolute atomic E-state index is 0.0739. The molecule has 0 saturated carbocycles. The van der Waals surface area contributed by atoms with Crippen LogP contribution in [0.5, 0.6) is 5.75 Å². The molecule has 0 aliphatic rings. The first-order valence-corrected chi connectivity index (χ1v) is 11.5. The summed E-state index contributed by atoms with van der Waals surface area (Å²) in [7, 11) is 0. The van der Waals surface area contributed by atoms with Gasteiger partial charge in [-0.05, 0) is 35.6 Å². The number of aromatic nitrogens is 1. The van der Waals surface area contributed by atoms with Gasteiger partial charge in [0.25, 0.3) is 5.91 Å². The highest BCUT2D eigenvalue weighted by molar-refractivity contribution is 5.93. The van der Waals surface area contributed by atoms with Gasteiger partial charge in [0, 0.05) is 5.56 Å². The molecule has 0 saturated heterocycles. The summed E-state index contributed by atoms with van der Waals surface area (Å²) in [5, 5.41) is 22.6. The molecular weight excluding hydrogens is 444 g/mol. The van der Waals surface area contributed by atoms with Crippen LogP contribution >= 0.6 is 0 Å². The highest BCUT2D eigenvalue weighted by Crippen LogP contribution is 2.30. The van der Waals surface area contributed by atoms with Gasteiger partial charge in [0.1, 0.15) is 23.7 Å². The topological polar surface area (TPSA) is 109 Å². The number of hydrogen-bond donors (Lipinski definition) is 3. The number of nitrogens with one attached hydrogen (secondary N) is 1. The first-order valence-electron chi connectivity index (χ1n) is 11.5. The van der Waals surface area contributed by atoms with Crippen LogP contribution in [0.1, 0.15) is 54.8 Å². The number of aliphatic carboxylic acids is 1. The quantitative estimate of drug-likeness (QED) is 0.410. The lowest BCUT2D eigenvalue weighted by Crippen LogP contribution is -2.32. The molecule has 2 aromatic carbocycles. The van der Waals surface area contributed by atoms with Gasteiger partial charge >= 0.3 is 5.97 Å². The number of aryl methyl sites for hydroxylation is 1. The van der Waals surface area contributed by atoms with E-state index in [0.717, 1.165) is 16.7 Å². The molecule has 0 radical (unpaired) electrons. The zero-order chi connectivity index (χ0) is 25.6. The van der Waals surface area contributed by atoms with Crippen LogP contribution in [0.2, 0.25) is 0 Å². The Labute approximate surface area is 205 Å². The third kappa shape index (κ3) is 6.90. The zero-order valence-electron chi connectivity index (χ0n) is 20.5. The number of rotatable bonds is 9. The van der Waals surface area contributed by atoms with E-state index in [2.05, 4.69) is 10.3 Å². The molecule has 0 bridgehead atoms. The lowest BCUT2D eigenvalue weighted by Gasteiger charge is -2.26. The van der Waals surface area contributed by atoms with Crippen molar-refractivity contribution in [3.8, 4) is 17.0 Å². The van der Waals surface area contributed by atoms with Gasteiger partial charge in [-0.2, -0.15) is 0 Å². The van der Waals surface area contributed by atoms with Crippen LogP contribution in [0.4, 0.5) is 0 Å². The third-order valence-electron chi connectivity index (χ3n) is 5.78. The van der Waals surface area contributed by atoms with Crippen molar-refractivity contribution >= 4 is 11.9 Å². The van der Waals surface area contributed by atoms with Crippen molar-refractivity contribution < 1.29 is 24.5 Å². The molecule has 3 aromatic rings. The number of amides is 1. The molecule has 2 atom stereocenters. The molecule has 7 nitrogen and oxygen atoms in total. The summed E-state index contributed by atoms with van der Waals surface area (Å²) in [4.78, 5) is 29.2. The second-order valence-corrected chi connectivity index (χ2v) is 9.58. The van der Waals surface area contributed by atoms with Crippen LogP contribution in [-0.2, 0) is 4.79 Å². The molecule has 1 heterocycles. The number of ether oxygens (including phenoxy) is 1. The van der Waals surface area contributed by atoms with Crippen LogP contribution in [0.15, 0.2) is 66.7 Å². The van der Waals surface area contributed by atoms with Gasteiger partial charge < -0.3 is 20.3 Å². The van der Waals surface area contributed by atoms with Crippen molar-refractivity contribution in [2.24, 2.45) is 5.41 Å². The summed E-state index contributed by atoms with van der Waals surface area (Å²) in [5.74, 6) is -1.06. The number of carboxylic acids is 1. The molecule has 3 N–H and O–H groups in total. The SMILES string of the molecule is Cc1ccccc1[C@@H](CC(=O)O)NC(=O)c1ccc(OC[C@@H](O)C(C)(C)C)c(-c2ccccc2)n1. The lowest BCUT2D eigenvalue weighted by atomic mass is 9.90. The third-order valence-corrected chi connectivity index (χ3v) is 5.78. The molecule has 184 valence electrons. The van der Waals surface area contributed by atoms with Crippen LogP contribution in [0, 0.1) is 12.3 Å². The van der Waals surface area contributed by atoms with Crippen LogP contribution in [0.3, 0.4) is 0 Å². The Bertz CT molecular complexity index is 1170. The number of benzene rings is 2. The maximum atomic E-state index is 13.2. The van der Waals surface area contributed by atoms with Gasteiger partial charge in [-0.15, -0.1) is 0 Å². The summed E-state index contributed by atoms with van der Waals surface area (Å²) in [6, 6.07) is 19.2. The number of hydrogen-bond acceptors (Lipinski definition) is 5. The average Bonchev–Trinajstić information content (AvgIpc) is 2.82. The zero-order valence-corrected chi connectivity index (χ0v) is 20.5. The van der Waals surface area contributed by atoms with E-state index in [9.17, 15) is 19.8 Å². The molecular formula is C28H32N2O5. The second kappa shape index (κ2) is 11.1. The molecule has 0 unspecified atom stereocenters. The minimum atomic E-state index is -1.02. The van der Waals surface area contributed by atoms with Crippen LogP contribution in [-0.4, -0.2) is 39.8 Å². The van der Waals surface area contributed by atoms with E-state index < -0.39 is 24.0 Å². The molecule has 0 spiro atoms. The van der Waals surface area contributed by atoms with Gasteiger partial charge in [0.15, 0.2) is 0 Å². The summed E-state index contributed by atoms with van der Waals surface area (Å²) in [5.41, 5.74) is 2.63. The van der Waals surface area contributed by atoms with Gasteiger partial charge in [-0.3, -0.25) is 9.59 Å². The fourth-order valence-electron chi connectivity index (χ4n) is 3.53. The smallest absolute Gasteiger partial charge is 0.305 e. The van der Waals surface area contributed by atoms with Gasteiger partial charge in [-0.1, -0.05) is 75.4 Å². The largest absolute Gasteiger partial charge is 0.489 e. The van der Waals surface area contributed by atoms with Crippen molar-refractivity contribution in [3.63, 3.8) is 0 Å². The Morgan fingerprint density at radius 3 is 2.29 bits per heavy atom. The van der Waals surface area contributed by atoms with E-state index >= 15 is 0 Å². The molecule has 1 amide bonds. The normalized spacial score (nSPS) is 13.1. The van der Waals surface area contributed by atoms with Crippen molar-refractivity contribution in [2.75, 3.05) is 6.61 Å². The summed E-state index contributed by atoms with van der Waals surface area (Å²) < 4.78 is 5.91. The standard InChI is InChI=1S/C28H32N2O5/c1-18-10-8-9-13-20(18)22(16-25(32)33)30-27(34)21-14-15-23(35-17-24(31)28(2,3)4)26(29-21)19-11-6-5-7-12-19/h5-15,22,24,31H,16-17H2,1-4H3,(H,30,34)(H,32,33)/t22-,24-/m1/s1. The summed E-state index contributed by atoms with van der Waals surface area (Å²) in [6.45, 7) is 7.72. The average molecular weight is 477 g/mol. The van der Waals surface area contributed by atoms with Crippen molar-refractivity contribution in [1.82, 2.24) is 10.3 Å². The molecule has 35 heavy (non-hydrogen) atoms. The number of nitrogens with zero attached hydrogens (tertiary/aromatic N) is 1. The predicted octanol–water partition coefficient (Wildman–Crippen LogP) is 4.79. The molecule has 0 aliphatic carbocycles. The first-order chi connectivity index (χ1) is 16.6. The Kier molecular flexibility index (Phi) is 8.25. The van der Waals surface area contributed by atoms with E-state index in [-0.39, 0.29) is 24.1 Å². The van der Waals surface area contributed by atoms with Crippen molar-refractivity contribution in [2.45, 2.75) is 46.3 Å². The van der Waals surface area contributed by atoms with E-state index in [1.165, 1.54) is 6.07 Å². The number of aliphatic hydroxyl groups is 1. The molecule has 1 aromatic heterocycles. The maximum absolute atomic E-state index is 13.2. The van der Waals surface area contributed by atoms with E-state index in [4.69, 9.17) is 4.74 Å². The van der Waals surface area contributed by atoms with Crippen LogP contribution in [0.25, 0.3) is 11.3 Å². The summed E-state index contributed by atoms with van der Waals surface area (Å²) >= 11 is 0. The predicted molar refractivity (Wildman–Crippen MR) is 134 cm³/mol. The van der Waals surface area contributed by atoms with E-state index in [0.29, 0.717) is 11.4 Å². The number of carbonyl (C=O) groups excluding carboxylic acids is 1. The van der Waals surface area contributed by atoms with Crippen molar-refractivity contribution in [3.05, 3.63) is 83.6 Å². The molecule has 3 rings (SSSR count). The van der Waals surface area contributed by atoms with Gasteiger partial charge in [0.2, 0.25) is 0 Å². The number of carbonyl (C=O) groups is 2. The van der Waals surface area contributed by atoms with Crippen LogP contribution < -0.4 is 10.1 Å². The highest BCUT2D eigenvalue weighted by Gasteiger charge is 2.25. The molecule has 0 aliphatic heterocycles. The highest BCUT2D eigenvalue weighted by atomic mass is 16.5. The summed E-state index contributed by atoms with van der Waals surface area (Å²) in [6.07, 6.45) is -0.950. The fraction of sp³-hybridized carbons (Fsp3) is 0.321. The lowest BCUT2D eigenvalue weighted by molar-refractivity contribution is -0.137. The Morgan fingerprint density at radius 2 is 1.66 bits per heavy atom. The number of carboxylic acid groups (broad SMARTS) is 1. The Balaban J connectivity index is 1.91. The monoisotopic (exact) mass is 476 g/mol. The van der Waals surface area contributed by atoms with E-state index in [1.807, 2.05) is 82.3 Å². The number of aliphatic hydroxyl groups excluding tert-OH is 1. The molecule has 7 heteroatoms. The minimum Gasteiger partial charge on any atom is -0.489 e. The fourth-order valence-corrected chi connectivity index (χ4v) is 3.53. The molecule has 0 fully saturated rings. The Morgan fingerprint density at radius 1 is 1.00 bits per heavy atom. The second-order valence-electron chi connectivity index (χ2n) is 9.58. The van der Waals surface area contributed by atoms with Gasteiger partial charge in [0.05, 0.1) is 18.6 Å². The maximum Gasteiger partial charge on any atom is 0.305 e. The number of pyridine rings is 1. The van der Waals surface area contributed by atoms with Crippen molar-refractivity contribution in [1.29, 1.82) is 0 Å².